The Kier molecular flexibility index (Phi) is 7.17. The predicted octanol–water partition coefficient (Wildman–Crippen LogP) is 4.09. The van der Waals surface area contributed by atoms with E-state index in [4.69, 9.17) is 18.0 Å². The van der Waals surface area contributed by atoms with Crippen molar-refractivity contribution >= 4 is 23.1 Å². The molecule has 0 aliphatic heterocycles. The number of ether oxygens (including phenoxy) is 1. The molecule has 4 nitrogen and oxygen atoms in total. The van der Waals surface area contributed by atoms with Crippen molar-refractivity contribution in [3.63, 3.8) is 0 Å². The maximum atomic E-state index is 13.5. The molecule has 26 heavy (non-hydrogen) atoms. The molecule has 1 rings (SSSR count). The van der Waals surface area contributed by atoms with Crippen LogP contribution in [0.3, 0.4) is 0 Å². The minimum atomic E-state index is -5.06. The van der Waals surface area contributed by atoms with E-state index in [2.05, 4.69) is 9.72 Å². The number of rotatable bonds is 6. The summed E-state index contributed by atoms with van der Waals surface area (Å²) >= 11 is 5.03. The van der Waals surface area contributed by atoms with E-state index in [1.165, 1.54) is 6.92 Å². The maximum Gasteiger partial charge on any atom is 0.434 e. The first kappa shape index (κ1) is 22.4. The molecule has 1 atom stereocenters. The number of hydrogen-bond donors (Lipinski definition) is 1. The second-order valence-corrected chi connectivity index (χ2v) is 6.55. The molecule has 0 aliphatic rings. The van der Waals surface area contributed by atoms with Crippen LogP contribution in [0.5, 0.6) is 0 Å². The van der Waals surface area contributed by atoms with Crippen LogP contribution in [-0.4, -0.2) is 29.0 Å². The van der Waals surface area contributed by atoms with E-state index in [9.17, 15) is 26.7 Å². The lowest BCUT2D eigenvalue weighted by atomic mass is 9.88. The average Bonchev–Trinajstić information content (AvgIpc) is 2.50. The lowest BCUT2D eigenvalue weighted by Crippen LogP contribution is -2.32. The first-order valence-electron chi connectivity index (χ1n) is 7.63. The van der Waals surface area contributed by atoms with Gasteiger partial charge in [0.2, 0.25) is 0 Å². The molecule has 0 fully saturated rings. The van der Waals surface area contributed by atoms with Gasteiger partial charge in [-0.3, -0.25) is 0 Å². The molecule has 146 valence electrons. The first-order chi connectivity index (χ1) is 11.8. The summed E-state index contributed by atoms with van der Waals surface area (Å²) in [5.41, 5.74) is 1.22. The van der Waals surface area contributed by atoms with E-state index >= 15 is 0 Å². The van der Waals surface area contributed by atoms with Crippen LogP contribution in [0.15, 0.2) is 0 Å². The van der Waals surface area contributed by atoms with Gasteiger partial charge in [0, 0.05) is 16.5 Å². The number of halogens is 5. The lowest BCUT2D eigenvalue weighted by molar-refractivity contribution is -0.141. The number of nitrogens with two attached hydrogens (primary N) is 1. The summed E-state index contributed by atoms with van der Waals surface area (Å²) in [6.45, 7) is 4.69. The van der Waals surface area contributed by atoms with E-state index in [1.807, 2.05) is 0 Å². The third-order valence-electron chi connectivity index (χ3n) is 3.47. The van der Waals surface area contributed by atoms with Crippen LogP contribution in [0.2, 0.25) is 0 Å². The van der Waals surface area contributed by atoms with E-state index in [0.29, 0.717) is 0 Å². The quantitative estimate of drug-likeness (QED) is 0.338. The van der Waals surface area contributed by atoms with Crippen LogP contribution < -0.4 is 5.73 Å². The van der Waals surface area contributed by atoms with Crippen molar-refractivity contribution in [2.75, 3.05) is 7.11 Å². The predicted molar refractivity (Wildman–Crippen MR) is 89.4 cm³/mol. The van der Waals surface area contributed by atoms with Crippen LogP contribution in [0.25, 0.3) is 0 Å². The number of carbonyl (C=O) groups is 1. The van der Waals surface area contributed by atoms with E-state index in [0.717, 1.165) is 7.11 Å². The van der Waals surface area contributed by atoms with Crippen LogP contribution in [0, 0.1) is 5.92 Å². The fourth-order valence-corrected chi connectivity index (χ4v) is 2.67. The third-order valence-corrected chi connectivity index (χ3v) is 4.04. The molecule has 10 heteroatoms. The summed E-state index contributed by atoms with van der Waals surface area (Å²) in [7, 11) is 0.942. The van der Waals surface area contributed by atoms with Gasteiger partial charge in [-0.05, 0) is 24.8 Å². The zero-order valence-corrected chi connectivity index (χ0v) is 15.4. The van der Waals surface area contributed by atoms with E-state index in [-0.39, 0.29) is 22.8 Å². The first-order valence-corrected chi connectivity index (χ1v) is 8.03. The number of aromatic nitrogens is 1. The highest BCUT2D eigenvalue weighted by molar-refractivity contribution is 7.81. The monoisotopic (exact) mass is 398 g/mol. The van der Waals surface area contributed by atoms with Gasteiger partial charge in [0.25, 0.3) is 6.43 Å². The minimum absolute atomic E-state index is 0.113. The van der Waals surface area contributed by atoms with Gasteiger partial charge in [0.15, 0.2) is 5.69 Å². The number of methoxy groups -OCH3 is 1. The highest BCUT2D eigenvalue weighted by Crippen LogP contribution is 2.38. The largest absolute Gasteiger partial charge is 0.465 e. The lowest BCUT2D eigenvalue weighted by Gasteiger charge is -2.23. The van der Waals surface area contributed by atoms with Crippen LogP contribution >= 0.6 is 12.2 Å². The van der Waals surface area contributed by atoms with Crippen LogP contribution in [-0.2, 0) is 17.3 Å². The minimum Gasteiger partial charge on any atom is -0.465 e. The van der Waals surface area contributed by atoms with Gasteiger partial charge in [0.05, 0.1) is 12.7 Å². The summed E-state index contributed by atoms with van der Waals surface area (Å²) in [6, 6.07) is -0.985. The Morgan fingerprint density at radius 2 is 1.77 bits per heavy atom. The average molecular weight is 398 g/mol. The van der Waals surface area contributed by atoms with Crippen LogP contribution in [0.4, 0.5) is 22.0 Å². The van der Waals surface area contributed by atoms with Gasteiger partial charge in [-0.1, -0.05) is 26.1 Å². The van der Waals surface area contributed by atoms with Crippen molar-refractivity contribution in [3.05, 3.63) is 28.1 Å². The molecule has 1 unspecified atom stereocenters. The molecule has 0 bridgehead atoms. The van der Waals surface area contributed by atoms with Crippen LogP contribution in [0.1, 0.15) is 60.1 Å². The number of thiocarbonyl (C=S) groups is 1. The number of alkyl halides is 5. The smallest absolute Gasteiger partial charge is 0.434 e. The molecular weight excluding hydrogens is 379 g/mol. The molecule has 1 heterocycles. The van der Waals surface area contributed by atoms with Gasteiger partial charge >= 0.3 is 12.1 Å². The van der Waals surface area contributed by atoms with Crippen molar-refractivity contribution < 1.29 is 31.5 Å². The fraction of sp³-hybridized carbons (Fsp3) is 0.562. The molecule has 0 aromatic carbocycles. The van der Waals surface area contributed by atoms with Gasteiger partial charge in [-0.2, -0.15) is 13.2 Å². The molecule has 0 radical (unpaired) electrons. The molecule has 1 aromatic rings. The van der Waals surface area contributed by atoms with Crippen molar-refractivity contribution in [2.24, 2.45) is 11.7 Å². The topological polar surface area (TPSA) is 65.2 Å². The maximum absolute atomic E-state index is 13.5. The summed E-state index contributed by atoms with van der Waals surface area (Å²) in [5, 5.41) is 0. The normalized spacial score (nSPS) is 13.2. The molecule has 2 N–H and O–H groups in total. The highest BCUT2D eigenvalue weighted by Gasteiger charge is 2.42. The van der Waals surface area contributed by atoms with Crippen molar-refractivity contribution in [1.29, 1.82) is 0 Å². The third kappa shape index (κ3) is 4.73. The van der Waals surface area contributed by atoms with Gasteiger partial charge in [-0.15, -0.1) is 0 Å². The molecular formula is C16H19F5N2O2S. The van der Waals surface area contributed by atoms with Crippen molar-refractivity contribution in [1.82, 2.24) is 4.98 Å². The van der Waals surface area contributed by atoms with Gasteiger partial charge in [-0.25, -0.2) is 18.6 Å². The van der Waals surface area contributed by atoms with Gasteiger partial charge in [0.1, 0.15) is 5.69 Å². The Morgan fingerprint density at radius 3 is 2.12 bits per heavy atom. The Hall–Kier alpha value is -1.68. The SMILES string of the molecule is COC(=O)c1c(C(F)F)nc(C(F)(F)F)c(C(=S)C(C)N)c1CC(C)C. The Labute approximate surface area is 152 Å². The second-order valence-electron chi connectivity index (χ2n) is 6.12. The molecule has 0 aliphatic carbocycles. The Balaban J connectivity index is 4.10. The van der Waals surface area contributed by atoms with Crippen molar-refractivity contribution in [3.8, 4) is 0 Å². The van der Waals surface area contributed by atoms with E-state index in [1.54, 1.807) is 13.8 Å². The summed E-state index contributed by atoms with van der Waals surface area (Å²) in [5.74, 6) is -1.46. The zero-order chi connectivity index (χ0) is 20.4. The van der Waals surface area contributed by atoms with E-state index < -0.39 is 47.1 Å². The van der Waals surface area contributed by atoms with Crippen molar-refractivity contribution in [2.45, 2.75) is 45.8 Å². The number of nitrogens with zero attached hydrogens (tertiary/aromatic N) is 1. The Bertz CT molecular complexity index is 703. The molecule has 0 saturated heterocycles. The number of pyridine rings is 1. The van der Waals surface area contributed by atoms with Gasteiger partial charge < -0.3 is 10.5 Å². The standard InChI is InChI=1S/C16H19F5N2O2S/c1-6(2)5-8-9(15(24)25-4)11(14(17)18)23-13(16(19,20)21)10(8)12(26)7(3)22/h6-7,14H,5,22H2,1-4H3. The summed E-state index contributed by atoms with van der Waals surface area (Å²) in [4.78, 5) is 14.8. The molecule has 0 saturated carbocycles. The fourth-order valence-electron chi connectivity index (χ4n) is 2.45. The number of hydrogen-bond acceptors (Lipinski definition) is 5. The molecule has 0 spiro atoms. The zero-order valence-electron chi connectivity index (χ0n) is 14.6. The number of esters is 1. The molecule has 1 aromatic heterocycles. The molecule has 0 amide bonds. The summed E-state index contributed by atoms with van der Waals surface area (Å²) < 4.78 is 71.9. The summed E-state index contributed by atoms with van der Waals surface area (Å²) in [6.07, 6.45) is -8.58. The Morgan fingerprint density at radius 1 is 1.23 bits per heavy atom. The number of carbonyl (C=O) groups excluding carboxylic acids is 1. The highest BCUT2D eigenvalue weighted by atomic mass is 32.1. The second kappa shape index (κ2) is 8.34.